The number of carbonyl (C=O) groups is 2. The summed E-state index contributed by atoms with van der Waals surface area (Å²) in [6.07, 6.45) is 6.25. The molecule has 0 spiro atoms. The van der Waals surface area contributed by atoms with E-state index < -0.39 is 12.0 Å². The van der Waals surface area contributed by atoms with Gasteiger partial charge in [0.2, 0.25) is 0 Å². The number of rotatable bonds is 4. The fourth-order valence-corrected chi connectivity index (χ4v) is 2.78. The average molecular weight is 300 g/mol. The molecule has 0 aliphatic carbocycles. The molecule has 1 aliphatic rings. The van der Waals surface area contributed by atoms with E-state index in [4.69, 9.17) is 9.84 Å². The first-order chi connectivity index (χ1) is 10.6. The molecule has 0 amide bonds. The van der Waals surface area contributed by atoms with E-state index in [0.29, 0.717) is 11.3 Å². The lowest BCUT2D eigenvalue weighted by atomic mass is 9.92. The van der Waals surface area contributed by atoms with Crippen molar-refractivity contribution < 1.29 is 19.4 Å². The molecule has 0 fully saturated rings. The van der Waals surface area contributed by atoms with Gasteiger partial charge in [-0.2, -0.15) is 0 Å². The largest absolute Gasteiger partial charge is 0.487 e. The van der Waals surface area contributed by atoms with Gasteiger partial charge in [-0.3, -0.25) is 4.79 Å². The molecule has 0 saturated heterocycles. The van der Waals surface area contributed by atoms with Crippen LogP contribution < -0.4 is 4.74 Å². The summed E-state index contributed by atoms with van der Waals surface area (Å²) >= 11 is 0. The highest BCUT2D eigenvalue weighted by Gasteiger charge is 2.38. The van der Waals surface area contributed by atoms with Crippen LogP contribution >= 0.6 is 0 Å². The van der Waals surface area contributed by atoms with Crippen molar-refractivity contribution in [3.63, 3.8) is 0 Å². The molecular weight excluding hydrogens is 284 g/mol. The van der Waals surface area contributed by atoms with Crippen LogP contribution in [0.3, 0.4) is 0 Å². The van der Waals surface area contributed by atoms with Crippen LogP contribution in [0, 0.1) is 0 Å². The summed E-state index contributed by atoms with van der Waals surface area (Å²) in [6.45, 7) is 2.03. The minimum atomic E-state index is -1.06. The van der Waals surface area contributed by atoms with Gasteiger partial charge in [-0.05, 0) is 24.6 Å². The van der Waals surface area contributed by atoms with Crippen molar-refractivity contribution in [2.75, 3.05) is 0 Å². The second kappa shape index (κ2) is 5.63. The standard InChI is InChI=1S/C16H16N2O4/c1-2-3-13-14(18-7-6-17-9-18)15(19)11-8-10(16(20)21)4-5-12(11)22-13/h4-9,13-14H,2-3H2,1H3,(H,20,21). The first kappa shape index (κ1) is 14.3. The van der Waals surface area contributed by atoms with Crippen molar-refractivity contribution in [1.29, 1.82) is 0 Å². The minimum Gasteiger partial charge on any atom is -0.487 e. The second-order valence-electron chi connectivity index (χ2n) is 5.28. The van der Waals surface area contributed by atoms with E-state index in [2.05, 4.69) is 4.98 Å². The highest BCUT2D eigenvalue weighted by atomic mass is 16.5. The molecule has 3 rings (SSSR count). The van der Waals surface area contributed by atoms with E-state index >= 15 is 0 Å². The number of aromatic nitrogens is 2. The molecule has 1 aliphatic heterocycles. The third kappa shape index (κ3) is 2.36. The summed E-state index contributed by atoms with van der Waals surface area (Å²) in [6, 6.07) is 3.88. The Bertz CT molecular complexity index is 709. The summed E-state index contributed by atoms with van der Waals surface area (Å²) in [4.78, 5) is 27.9. The summed E-state index contributed by atoms with van der Waals surface area (Å²) in [5.74, 6) is -0.754. The number of carboxylic acids is 1. The van der Waals surface area contributed by atoms with Gasteiger partial charge in [0, 0.05) is 12.4 Å². The molecule has 6 heteroatoms. The predicted molar refractivity (Wildman–Crippen MR) is 78.3 cm³/mol. The van der Waals surface area contributed by atoms with Crippen LogP contribution in [-0.2, 0) is 0 Å². The van der Waals surface area contributed by atoms with E-state index in [0.717, 1.165) is 12.8 Å². The lowest BCUT2D eigenvalue weighted by molar-refractivity contribution is 0.0655. The number of hydrogen-bond acceptors (Lipinski definition) is 4. The highest BCUT2D eigenvalue weighted by molar-refractivity contribution is 6.04. The van der Waals surface area contributed by atoms with E-state index in [-0.39, 0.29) is 17.5 Å². The van der Waals surface area contributed by atoms with Crippen molar-refractivity contribution in [3.8, 4) is 5.75 Å². The molecule has 114 valence electrons. The molecular formula is C16H16N2O4. The first-order valence-electron chi connectivity index (χ1n) is 7.17. The van der Waals surface area contributed by atoms with Crippen molar-refractivity contribution >= 4 is 11.8 Å². The fourth-order valence-electron chi connectivity index (χ4n) is 2.78. The van der Waals surface area contributed by atoms with Gasteiger partial charge in [0.1, 0.15) is 17.9 Å². The SMILES string of the molecule is CCCC1Oc2ccc(C(=O)O)cc2C(=O)C1n1ccnc1. The van der Waals surface area contributed by atoms with Crippen LogP contribution in [0.2, 0.25) is 0 Å². The van der Waals surface area contributed by atoms with Gasteiger partial charge in [-0.15, -0.1) is 0 Å². The number of imidazole rings is 1. The van der Waals surface area contributed by atoms with E-state index in [1.165, 1.54) is 12.1 Å². The van der Waals surface area contributed by atoms with Gasteiger partial charge >= 0.3 is 5.97 Å². The molecule has 1 N–H and O–H groups in total. The van der Waals surface area contributed by atoms with Gasteiger partial charge in [-0.1, -0.05) is 13.3 Å². The summed E-state index contributed by atoms with van der Waals surface area (Å²) in [5, 5.41) is 9.09. The highest BCUT2D eigenvalue weighted by Crippen LogP contribution is 2.35. The maximum absolute atomic E-state index is 12.9. The monoisotopic (exact) mass is 300 g/mol. The molecule has 2 unspecified atom stereocenters. The molecule has 2 heterocycles. The number of hydrogen-bond donors (Lipinski definition) is 1. The molecule has 2 aromatic rings. The number of ketones is 1. The number of fused-ring (bicyclic) bond motifs is 1. The van der Waals surface area contributed by atoms with Crippen LogP contribution in [0.4, 0.5) is 0 Å². The Balaban J connectivity index is 2.06. The number of aromatic carboxylic acids is 1. The normalized spacial score (nSPS) is 20.3. The molecule has 0 saturated carbocycles. The molecule has 2 atom stereocenters. The molecule has 6 nitrogen and oxygen atoms in total. The van der Waals surface area contributed by atoms with Crippen LogP contribution in [0.5, 0.6) is 5.75 Å². The topological polar surface area (TPSA) is 81.4 Å². The third-order valence-corrected chi connectivity index (χ3v) is 3.81. The Hall–Kier alpha value is -2.63. The van der Waals surface area contributed by atoms with Gasteiger partial charge in [0.25, 0.3) is 0 Å². The molecule has 1 aromatic carbocycles. The van der Waals surface area contributed by atoms with Crippen molar-refractivity contribution in [1.82, 2.24) is 9.55 Å². The van der Waals surface area contributed by atoms with Crippen LogP contribution in [0.1, 0.15) is 46.5 Å². The number of carbonyl (C=O) groups excluding carboxylic acids is 1. The Morgan fingerprint density at radius 2 is 2.27 bits per heavy atom. The first-order valence-corrected chi connectivity index (χ1v) is 7.17. The zero-order valence-electron chi connectivity index (χ0n) is 12.1. The summed E-state index contributed by atoms with van der Waals surface area (Å²) in [5.41, 5.74) is 0.389. The average Bonchev–Trinajstić information content (AvgIpc) is 3.01. The predicted octanol–water partition coefficient (Wildman–Crippen LogP) is 2.57. The zero-order chi connectivity index (χ0) is 15.7. The van der Waals surface area contributed by atoms with E-state index in [1.54, 1.807) is 29.4 Å². The Morgan fingerprint density at radius 1 is 1.45 bits per heavy atom. The molecule has 22 heavy (non-hydrogen) atoms. The number of Topliss-reactive ketones (excluding diaryl/α,β-unsaturated/α-hetero) is 1. The summed E-state index contributed by atoms with van der Waals surface area (Å²) < 4.78 is 7.67. The molecule has 0 radical (unpaired) electrons. The lowest BCUT2D eigenvalue weighted by Gasteiger charge is -2.33. The molecule has 1 aromatic heterocycles. The van der Waals surface area contributed by atoms with Crippen LogP contribution in [-0.4, -0.2) is 32.5 Å². The van der Waals surface area contributed by atoms with Gasteiger partial charge in [-0.25, -0.2) is 9.78 Å². The Morgan fingerprint density at radius 3 is 2.91 bits per heavy atom. The Labute approximate surface area is 127 Å². The maximum Gasteiger partial charge on any atom is 0.335 e. The smallest absolute Gasteiger partial charge is 0.335 e. The quantitative estimate of drug-likeness (QED) is 0.938. The number of carboxylic acid groups (broad SMARTS) is 1. The van der Waals surface area contributed by atoms with Crippen molar-refractivity contribution in [2.24, 2.45) is 0 Å². The molecule has 0 bridgehead atoms. The summed E-state index contributed by atoms with van der Waals surface area (Å²) in [7, 11) is 0. The Kier molecular flexibility index (Phi) is 3.66. The minimum absolute atomic E-state index is 0.0778. The zero-order valence-corrected chi connectivity index (χ0v) is 12.1. The van der Waals surface area contributed by atoms with Crippen LogP contribution in [0.15, 0.2) is 36.9 Å². The van der Waals surface area contributed by atoms with Crippen molar-refractivity contribution in [3.05, 3.63) is 48.0 Å². The van der Waals surface area contributed by atoms with Gasteiger partial charge in [0.15, 0.2) is 5.78 Å². The number of ether oxygens (including phenoxy) is 1. The number of benzene rings is 1. The van der Waals surface area contributed by atoms with E-state index in [9.17, 15) is 9.59 Å². The van der Waals surface area contributed by atoms with Gasteiger partial charge in [0.05, 0.1) is 17.5 Å². The van der Waals surface area contributed by atoms with Crippen LogP contribution in [0.25, 0.3) is 0 Å². The third-order valence-electron chi connectivity index (χ3n) is 3.81. The number of nitrogens with zero attached hydrogens (tertiary/aromatic N) is 2. The van der Waals surface area contributed by atoms with Gasteiger partial charge < -0.3 is 14.4 Å². The lowest BCUT2D eigenvalue weighted by Crippen LogP contribution is -2.39. The maximum atomic E-state index is 12.9. The van der Waals surface area contributed by atoms with E-state index in [1.807, 2.05) is 6.92 Å². The second-order valence-corrected chi connectivity index (χ2v) is 5.28. The van der Waals surface area contributed by atoms with Crippen molar-refractivity contribution in [2.45, 2.75) is 31.9 Å². The fraction of sp³-hybridized carbons (Fsp3) is 0.312.